The molecule has 3 aromatic rings. The van der Waals surface area contributed by atoms with Gasteiger partial charge >= 0.3 is 0 Å². The largest absolute Gasteiger partial charge is 0.336 e. The second-order valence-corrected chi connectivity index (χ2v) is 6.11. The van der Waals surface area contributed by atoms with Crippen molar-refractivity contribution in [1.82, 2.24) is 16.2 Å². The summed E-state index contributed by atoms with van der Waals surface area (Å²) in [5.41, 5.74) is 5.11. The fourth-order valence-corrected chi connectivity index (χ4v) is 2.65. The SMILES string of the molecule is O=C(NC(C(=O)NNC(=O)c1ccccc1F)c1ccccc1)c1ccccc1. The van der Waals surface area contributed by atoms with E-state index in [-0.39, 0.29) is 5.56 Å². The van der Waals surface area contributed by atoms with Crippen molar-refractivity contribution in [3.8, 4) is 0 Å². The molecule has 6 nitrogen and oxygen atoms in total. The molecule has 0 spiro atoms. The Hall–Kier alpha value is -4.00. The first-order valence-electron chi connectivity index (χ1n) is 8.82. The molecule has 7 heteroatoms. The predicted molar refractivity (Wildman–Crippen MR) is 105 cm³/mol. The summed E-state index contributed by atoms with van der Waals surface area (Å²) in [5, 5.41) is 2.65. The molecule has 1 unspecified atom stereocenters. The maximum Gasteiger partial charge on any atom is 0.272 e. The van der Waals surface area contributed by atoms with E-state index >= 15 is 0 Å². The second-order valence-electron chi connectivity index (χ2n) is 6.11. The first kappa shape index (κ1) is 19.8. The topological polar surface area (TPSA) is 87.3 Å². The standard InChI is InChI=1S/C22H18FN3O3/c23-18-14-8-7-13-17(18)21(28)25-26-22(29)19(15-9-3-1-4-10-15)24-20(27)16-11-5-2-6-12-16/h1-14,19H,(H,24,27)(H,25,28)(H,26,29). The van der Waals surface area contributed by atoms with Crippen molar-refractivity contribution in [3.63, 3.8) is 0 Å². The Balaban J connectivity index is 1.74. The Kier molecular flexibility index (Phi) is 6.32. The Morgan fingerprint density at radius 2 is 1.28 bits per heavy atom. The Morgan fingerprint density at radius 3 is 1.93 bits per heavy atom. The third-order valence-electron chi connectivity index (χ3n) is 4.12. The van der Waals surface area contributed by atoms with Crippen LogP contribution in [-0.2, 0) is 4.79 Å². The Morgan fingerprint density at radius 1 is 0.690 bits per heavy atom. The van der Waals surface area contributed by atoms with Gasteiger partial charge in [-0.2, -0.15) is 0 Å². The zero-order chi connectivity index (χ0) is 20.6. The van der Waals surface area contributed by atoms with E-state index in [9.17, 15) is 18.8 Å². The van der Waals surface area contributed by atoms with Crippen LogP contribution in [-0.4, -0.2) is 17.7 Å². The lowest BCUT2D eigenvalue weighted by atomic mass is 10.1. The van der Waals surface area contributed by atoms with E-state index < -0.39 is 29.6 Å². The third kappa shape index (κ3) is 5.04. The van der Waals surface area contributed by atoms with Crippen molar-refractivity contribution in [2.24, 2.45) is 0 Å². The number of hydrogen-bond acceptors (Lipinski definition) is 3. The van der Waals surface area contributed by atoms with Gasteiger partial charge in [0, 0.05) is 5.56 Å². The van der Waals surface area contributed by atoms with Crippen molar-refractivity contribution in [3.05, 3.63) is 107 Å². The van der Waals surface area contributed by atoms with Gasteiger partial charge in [-0.3, -0.25) is 25.2 Å². The summed E-state index contributed by atoms with van der Waals surface area (Å²) in [7, 11) is 0. The molecule has 0 fully saturated rings. The first-order chi connectivity index (χ1) is 14.1. The van der Waals surface area contributed by atoms with E-state index in [1.165, 1.54) is 18.2 Å². The van der Waals surface area contributed by atoms with Crippen molar-refractivity contribution >= 4 is 17.7 Å². The first-order valence-corrected chi connectivity index (χ1v) is 8.82. The molecular formula is C22H18FN3O3. The average molecular weight is 391 g/mol. The van der Waals surface area contributed by atoms with Crippen molar-refractivity contribution in [2.45, 2.75) is 6.04 Å². The lowest BCUT2D eigenvalue weighted by Gasteiger charge is -2.19. The summed E-state index contributed by atoms with van der Waals surface area (Å²) in [6, 6.07) is 21.3. The molecule has 0 aliphatic heterocycles. The zero-order valence-electron chi connectivity index (χ0n) is 15.3. The molecular weight excluding hydrogens is 373 g/mol. The van der Waals surface area contributed by atoms with Crippen LogP contribution in [0.25, 0.3) is 0 Å². The number of halogens is 1. The zero-order valence-corrected chi connectivity index (χ0v) is 15.3. The molecule has 3 rings (SSSR count). The summed E-state index contributed by atoms with van der Waals surface area (Å²) in [5.74, 6) is -2.64. The number of rotatable bonds is 5. The van der Waals surface area contributed by atoms with E-state index in [4.69, 9.17) is 0 Å². The van der Waals surface area contributed by atoms with Gasteiger partial charge < -0.3 is 5.32 Å². The van der Waals surface area contributed by atoms with Gasteiger partial charge in [-0.15, -0.1) is 0 Å². The predicted octanol–water partition coefficient (Wildman–Crippen LogP) is 2.76. The fourth-order valence-electron chi connectivity index (χ4n) is 2.65. The molecule has 3 amide bonds. The number of amides is 3. The highest BCUT2D eigenvalue weighted by Gasteiger charge is 2.24. The molecule has 0 heterocycles. The van der Waals surface area contributed by atoms with Crippen molar-refractivity contribution in [1.29, 1.82) is 0 Å². The summed E-state index contributed by atoms with van der Waals surface area (Å²) < 4.78 is 13.7. The number of carbonyl (C=O) groups excluding carboxylic acids is 3. The monoisotopic (exact) mass is 391 g/mol. The van der Waals surface area contributed by atoms with Gasteiger partial charge in [-0.05, 0) is 29.8 Å². The molecule has 0 aliphatic rings. The molecule has 0 radical (unpaired) electrons. The molecule has 146 valence electrons. The van der Waals surface area contributed by atoms with Crippen molar-refractivity contribution < 1.29 is 18.8 Å². The number of benzene rings is 3. The summed E-state index contributed by atoms with van der Waals surface area (Å²) >= 11 is 0. The average Bonchev–Trinajstić information content (AvgIpc) is 2.77. The van der Waals surface area contributed by atoms with Gasteiger partial charge in [-0.25, -0.2) is 4.39 Å². The lowest BCUT2D eigenvalue weighted by Crippen LogP contribution is -2.48. The summed E-state index contributed by atoms with van der Waals surface area (Å²) in [6.07, 6.45) is 0. The lowest BCUT2D eigenvalue weighted by molar-refractivity contribution is -0.123. The number of hydrogen-bond donors (Lipinski definition) is 3. The minimum Gasteiger partial charge on any atom is -0.336 e. The van der Waals surface area contributed by atoms with Crippen LogP contribution in [0.5, 0.6) is 0 Å². The van der Waals surface area contributed by atoms with Crippen molar-refractivity contribution in [2.75, 3.05) is 0 Å². The maximum absolute atomic E-state index is 13.7. The fraction of sp³-hybridized carbons (Fsp3) is 0.0455. The van der Waals surface area contributed by atoms with Gasteiger partial charge in [0.25, 0.3) is 17.7 Å². The minimum atomic E-state index is -1.06. The molecule has 29 heavy (non-hydrogen) atoms. The van der Waals surface area contributed by atoms with Crippen LogP contribution in [0.4, 0.5) is 4.39 Å². The maximum atomic E-state index is 13.7. The minimum absolute atomic E-state index is 0.211. The highest BCUT2D eigenvalue weighted by atomic mass is 19.1. The molecule has 0 saturated heterocycles. The highest BCUT2D eigenvalue weighted by molar-refractivity contribution is 5.99. The second kappa shape index (κ2) is 9.27. The number of hydrazine groups is 1. The van der Waals surface area contributed by atoms with Crippen LogP contribution >= 0.6 is 0 Å². The molecule has 3 N–H and O–H groups in total. The number of carbonyl (C=O) groups is 3. The van der Waals surface area contributed by atoms with Crippen LogP contribution in [0.1, 0.15) is 32.3 Å². The molecule has 0 aromatic heterocycles. The van der Waals surface area contributed by atoms with E-state index in [1.807, 2.05) is 0 Å². The van der Waals surface area contributed by atoms with Gasteiger partial charge in [0.05, 0.1) is 5.56 Å². The quantitative estimate of drug-likeness (QED) is 0.585. The van der Waals surface area contributed by atoms with Gasteiger partial charge in [-0.1, -0.05) is 60.7 Å². The van der Waals surface area contributed by atoms with E-state index in [0.717, 1.165) is 6.07 Å². The third-order valence-corrected chi connectivity index (χ3v) is 4.12. The molecule has 0 aliphatic carbocycles. The van der Waals surface area contributed by atoms with E-state index in [0.29, 0.717) is 11.1 Å². The summed E-state index contributed by atoms with van der Waals surface area (Å²) in [4.78, 5) is 37.3. The van der Waals surface area contributed by atoms with Crippen LogP contribution in [0.3, 0.4) is 0 Å². The highest BCUT2D eigenvalue weighted by Crippen LogP contribution is 2.14. The molecule has 0 saturated carbocycles. The van der Waals surface area contributed by atoms with E-state index in [2.05, 4.69) is 16.2 Å². The molecule has 0 bridgehead atoms. The number of nitrogens with one attached hydrogen (secondary N) is 3. The Bertz CT molecular complexity index is 1010. The van der Waals surface area contributed by atoms with Gasteiger partial charge in [0.2, 0.25) is 0 Å². The van der Waals surface area contributed by atoms with Gasteiger partial charge in [0.15, 0.2) is 0 Å². The van der Waals surface area contributed by atoms with Crippen LogP contribution in [0.2, 0.25) is 0 Å². The van der Waals surface area contributed by atoms with Crippen LogP contribution in [0, 0.1) is 5.82 Å². The normalized spacial score (nSPS) is 11.2. The molecule has 1 atom stereocenters. The Labute approximate surface area is 166 Å². The molecule has 3 aromatic carbocycles. The van der Waals surface area contributed by atoms with Crippen LogP contribution < -0.4 is 16.2 Å². The van der Waals surface area contributed by atoms with Gasteiger partial charge in [0.1, 0.15) is 11.9 Å². The summed E-state index contributed by atoms with van der Waals surface area (Å²) in [6.45, 7) is 0. The van der Waals surface area contributed by atoms with Crippen LogP contribution in [0.15, 0.2) is 84.9 Å². The smallest absolute Gasteiger partial charge is 0.272 e. The van der Waals surface area contributed by atoms with E-state index in [1.54, 1.807) is 60.7 Å².